The molecule has 3 nitrogen and oxygen atoms in total. The number of methoxy groups -OCH3 is 1. The molecular weight excluding hydrogens is 214 g/mol. The van der Waals surface area contributed by atoms with E-state index >= 15 is 0 Å². The first-order valence-electron chi connectivity index (χ1n) is 5.68. The van der Waals surface area contributed by atoms with Crippen LogP contribution in [0, 0.1) is 12.3 Å². The molecule has 1 aromatic rings. The Labute approximate surface area is 103 Å². The second-order valence-electron chi connectivity index (χ2n) is 3.86. The van der Waals surface area contributed by atoms with Crippen molar-refractivity contribution < 1.29 is 9.47 Å². The summed E-state index contributed by atoms with van der Waals surface area (Å²) in [5.74, 6) is 4.02. The molecule has 0 bridgehead atoms. The molecule has 0 spiro atoms. The first-order chi connectivity index (χ1) is 8.19. The lowest BCUT2D eigenvalue weighted by molar-refractivity contribution is 0.290. The molecule has 0 unspecified atom stereocenters. The monoisotopic (exact) mass is 233 g/mol. The molecular formula is C14H19NO2. The quantitative estimate of drug-likeness (QED) is 0.606. The topological polar surface area (TPSA) is 44.5 Å². The average molecular weight is 233 g/mol. The van der Waals surface area contributed by atoms with E-state index in [0.717, 1.165) is 24.2 Å². The van der Waals surface area contributed by atoms with Crippen LogP contribution in [0.4, 0.5) is 0 Å². The molecule has 1 atom stereocenters. The molecule has 0 radical (unpaired) electrons. The fraction of sp³-hybridized carbons (Fsp3) is 0.429. The van der Waals surface area contributed by atoms with E-state index in [2.05, 4.69) is 5.92 Å². The van der Waals surface area contributed by atoms with E-state index in [4.69, 9.17) is 21.6 Å². The normalized spacial score (nSPS) is 11.6. The molecule has 0 fully saturated rings. The Morgan fingerprint density at radius 2 is 2.18 bits per heavy atom. The maximum Gasteiger partial charge on any atom is 0.161 e. The van der Waals surface area contributed by atoms with Crippen LogP contribution in [0.2, 0.25) is 0 Å². The molecule has 0 amide bonds. The molecule has 0 aromatic heterocycles. The standard InChI is InChI=1S/C14H19NO2/c1-4-5-6-9-17-13-8-7-12(11(2)15)10-14(13)16-3/h1,7-8,10-11H,5-6,9,15H2,2-3H3/t11-/m1/s1. The minimum Gasteiger partial charge on any atom is -0.493 e. The van der Waals surface area contributed by atoms with Crippen molar-refractivity contribution in [3.8, 4) is 23.8 Å². The van der Waals surface area contributed by atoms with Crippen molar-refractivity contribution in [1.29, 1.82) is 0 Å². The van der Waals surface area contributed by atoms with Crippen molar-refractivity contribution in [2.24, 2.45) is 5.73 Å². The summed E-state index contributed by atoms with van der Waals surface area (Å²) < 4.78 is 10.9. The Kier molecular flexibility index (Phi) is 5.38. The number of nitrogens with two attached hydrogens (primary N) is 1. The molecule has 1 aromatic carbocycles. The molecule has 0 saturated heterocycles. The minimum atomic E-state index is -0.0145. The van der Waals surface area contributed by atoms with Crippen molar-refractivity contribution in [2.45, 2.75) is 25.8 Å². The van der Waals surface area contributed by atoms with E-state index in [-0.39, 0.29) is 6.04 Å². The molecule has 0 aliphatic heterocycles. The molecule has 0 aliphatic carbocycles. The lowest BCUT2D eigenvalue weighted by atomic mass is 10.1. The lowest BCUT2D eigenvalue weighted by Crippen LogP contribution is -2.06. The Hall–Kier alpha value is -1.66. The first-order valence-corrected chi connectivity index (χ1v) is 5.68. The Balaban J connectivity index is 2.69. The van der Waals surface area contributed by atoms with Gasteiger partial charge in [0.2, 0.25) is 0 Å². The molecule has 0 saturated carbocycles. The smallest absolute Gasteiger partial charge is 0.161 e. The maximum absolute atomic E-state index is 5.81. The van der Waals surface area contributed by atoms with Crippen LogP contribution in [0.3, 0.4) is 0 Å². The highest BCUT2D eigenvalue weighted by Gasteiger charge is 2.07. The van der Waals surface area contributed by atoms with Gasteiger partial charge in [-0.3, -0.25) is 0 Å². The van der Waals surface area contributed by atoms with Gasteiger partial charge in [-0.25, -0.2) is 0 Å². The van der Waals surface area contributed by atoms with Gasteiger partial charge in [-0.1, -0.05) is 6.07 Å². The summed E-state index contributed by atoms with van der Waals surface area (Å²) >= 11 is 0. The number of unbranched alkanes of at least 4 members (excludes halogenated alkanes) is 1. The van der Waals surface area contributed by atoms with E-state index in [1.165, 1.54) is 0 Å². The summed E-state index contributed by atoms with van der Waals surface area (Å²) in [7, 11) is 1.62. The molecule has 17 heavy (non-hydrogen) atoms. The highest BCUT2D eigenvalue weighted by Crippen LogP contribution is 2.29. The zero-order chi connectivity index (χ0) is 12.7. The van der Waals surface area contributed by atoms with Gasteiger partial charge in [0.15, 0.2) is 11.5 Å². The lowest BCUT2D eigenvalue weighted by Gasteiger charge is -2.13. The summed E-state index contributed by atoms with van der Waals surface area (Å²) in [6, 6.07) is 5.72. The number of benzene rings is 1. The van der Waals surface area contributed by atoms with Gasteiger partial charge in [-0.15, -0.1) is 12.3 Å². The van der Waals surface area contributed by atoms with Crippen LogP contribution in [0.25, 0.3) is 0 Å². The second-order valence-corrected chi connectivity index (χ2v) is 3.86. The van der Waals surface area contributed by atoms with Crippen LogP contribution in [-0.2, 0) is 0 Å². The summed E-state index contributed by atoms with van der Waals surface area (Å²) in [5.41, 5.74) is 6.83. The minimum absolute atomic E-state index is 0.0145. The zero-order valence-electron chi connectivity index (χ0n) is 10.4. The van der Waals surface area contributed by atoms with Gasteiger partial charge in [0, 0.05) is 12.5 Å². The Morgan fingerprint density at radius 1 is 1.41 bits per heavy atom. The van der Waals surface area contributed by atoms with Crippen LogP contribution >= 0.6 is 0 Å². The van der Waals surface area contributed by atoms with Gasteiger partial charge in [0.25, 0.3) is 0 Å². The fourth-order valence-corrected chi connectivity index (χ4v) is 1.44. The maximum atomic E-state index is 5.81. The molecule has 0 aliphatic rings. The van der Waals surface area contributed by atoms with E-state index in [0.29, 0.717) is 12.4 Å². The van der Waals surface area contributed by atoms with Crippen LogP contribution in [0.5, 0.6) is 11.5 Å². The average Bonchev–Trinajstić information content (AvgIpc) is 2.34. The van der Waals surface area contributed by atoms with Crippen molar-refractivity contribution in [1.82, 2.24) is 0 Å². The summed E-state index contributed by atoms with van der Waals surface area (Å²) in [4.78, 5) is 0. The molecule has 3 heteroatoms. The molecule has 0 heterocycles. The molecule has 92 valence electrons. The molecule has 1 rings (SSSR count). The third kappa shape index (κ3) is 4.01. The zero-order valence-corrected chi connectivity index (χ0v) is 10.4. The summed E-state index contributed by atoms with van der Waals surface area (Å²) in [5, 5.41) is 0. The van der Waals surface area contributed by atoms with Gasteiger partial charge >= 0.3 is 0 Å². The van der Waals surface area contributed by atoms with Crippen LogP contribution in [0.1, 0.15) is 31.4 Å². The predicted octanol–water partition coefficient (Wildman–Crippen LogP) is 2.51. The second kappa shape index (κ2) is 6.82. The van der Waals surface area contributed by atoms with E-state index < -0.39 is 0 Å². The van der Waals surface area contributed by atoms with Gasteiger partial charge in [-0.2, -0.15) is 0 Å². The third-order valence-corrected chi connectivity index (χ3v) is 2.44. The number of terminal acetylenes is 1. The summed E-state index contributed by atoms with van der Waals surface area (Å²) in [6.45, 7) is 2.53. The van der Waals surface area contributed by atoms with Crippen LogP contribution in [0.15, 0.2) is 18.2 Å². The van der Waals surface area contributed by atoms with Crippen LogP contribution < -0.4 is 15.2 Å². The Morgan fingerprint density at radius 3 is 2.76 bits per heavy atom. The largest absolute Gasteiger partial charge is 0.493 e. The number of ether oxygens (including phenoxy) is 2. The van der Waals surface area contributed by atoms with Gasteiger partial charge in [0.05, 0.1) is 13.7 Å². The van der Waals surface area contributed by atoms with Crippen molar-refractivity contribution in [3.05, 3.63) is 23.8 Å². The van der Waals surface area contributed by atoms with Gasteiger partial charge in [-0.05, 0) is 31.0 Å². The van der Waals surface area contributed by atoms with Crippen molar-refractivity contribution >= 4 is 0 Å². The van der Waals surface area contributed by atoms with E-state index in [1.807, 2.05) is 25.1 Å². The molecule has 2 N–H and O–H groups in total. The van der Waals surface area contributed by atoms with Crippen molar-refractivity contribution in [2.75, 3.05) is 13.7 Å². The first kappa shape index (κ1) is 13.4. The SMILES string of the molecule is C#CCCCOc1ccc([C@@H](C)N)cc1OC. The van der Waals surface area contributed by atoms with Crippen LogP contribution in [-0.4, -0.2) is 13.7 Å². The van der Waals surface area contributed by atoms with Gasteiger partial charge < -0.3 is 15.2 Å². The van der Waals surface area contributed by atoms with E-state index in [1.54, 1.807) is 7.11 Å². The van der Waals surface area contributed by atoms with Gasteiger partial charge in [0.1, 0.15) is 0 Å². The van der Waals surface area contributed by atoms with Crippen molar-refractivity contribution in [3.63, 3.8) is 0 Å². The summed E-state index contributed by atoms with van der Waals surface area (Å²) in [6.07, 6.45) is 6.74. The number of rotatable bonds is 6. The third-order valence-electron chi connectivity index (χ3n) is 2.44. The fourth-order valence-electron chi connectivity index (χ4n) is 1.44. The van der Waals surface area contributed by atoms with E-state index in [9.17, 15) is 0 Å². The Bertz CT molecular complexity index is 394. The highest BCUT2D eigenvalue weighted by atomic mass is 16.5. The predicted molar refractivity (Wildman–Crippen MR) is 69.2 cm³/mol. The highest BCUT2D eigenvalue weighted by molar-refractivity contribution is 5.43. The number of hydrogen-bond donors (Lipinski definition) is 1. The number of hydrogen-bond acceptors (Lipinski definition) is 3.